The number of aliphatic hydroxyl groups is 1. The second kappa shape index (κ2) is 8.14. The third-order valence-electron chi connectivity index (χ3n) is 4.41. The van der Waals surface area contributed by atoms with Crippen molar-refractivity contribution in [1.29, 1.82) is 0 Å². The molecule has 142 valence electrons. The molecule has 4 bridgehead atoms. The van der Waals surface area contributed by atoms with Crippen molar-refractivity contribution >= 4 is 11.9 Å². The van der Waals surface area contributed by atoms with Crippen molar-refractivity contribution < 1.29 is 29.2 Å². The largest absolute Gasteiger partial charge is 0.502 e. The number of carbonyl (C=O) groups is 1. The number of allylic oxidation sites excluding steroid dienone is 1. The third kappa shape index (κ3) is 4.06. The van der Waals surface area contributed by atoms with Crippen LogP contribution in [0.15, 0.2) is 36.4 Å². The quantitative estimate of drug-likeness (QED) is 0.831. The van der Waals surface area contributed by atoms with Crippen LogP contribution >= 0.6 is 0 Å². The molecule has 2 aromatic carbocycles. The van der Waals surface area contributed by atoms with Crippen LogP contribution in [0.3, 0.4) is 0 Å². The highest BCUT2D eigenvalue weighted by Crippen LogP contribution is 2.47. The molecule has 6 nitrogen and oxygen atoms in total. The lowest BCUT2D eigenvalue weighted by molar-refractivity contribution is -0.120. The first-order valence-electron chi connectivity index (χ1n) is 8.65. The standard InChI is InChI=1S/C21H22O6/c1-25-20-14-5-3-4-6-15(22)12-17(23)13-7-9-16(10-8-13)27-18(11-14)21(26-2)19(20)24/h3,5,7-11,17,23-24H,4,6,12H2,1-2H3/b5-3-/t17-/m0/s1. The van der Waals surface area contributed by atoms with Gasteiger partial charge < -0.3 is 24.4 Å². The van der Waals surface area contributed by atoms with Gasteiger partial charge in [0, 0.05) is 18.4 Å². The van der Waals surface area contributed by atoms with Crippen LogP contribution in [0.2, 0.25) is 0 Å². The second-order valence-corrected chi connectivity index (χ2v) is 6.25. The number of aliphatic hydroxyl groups excluding tert-OH is 1. The van der Waals surface area contributed by atoms with Crippen molar-refractivity contribution in [3.63, 3.8) is 0 Å². The predicted molar refractivity (Wildman–Crippen MR) is 101 cm³/mol. The van der Waals surface area contributed by atoms with Gasteiger partial charge in [0.25, 0.3) is 0 Å². The molecular weight excluding hydrogens is 348 g/mol. The number of phenolic OH excluding ortho intramolecular Hbond substituents is 1. The third-order valence-corrected chi connectivity index (χ3v) is 4.41. The average Bonchev–Trinajstić information content (AvgIpc) is 2.66. The summed E-state index contributed by atoms with van der Waals surface area (Å²) in [5, 5.41) is 20.7. The Labute approximate surface area is 157 Å². The molecule has 0 unspecified atom stereocenters. The molecule has 0 aliphatic carbocycles. The highest BCUT2D eigenvalue weighted by molar-refractivity contribution is 5.79. The smallest absolute Gasteiger partial charge is 0.207 e. The topological polar surface area (TPSA) is 85.2 Å². The zero-order valence-corrected chi connectivity index (χ0v) is 15.3. The highest BCUT2D eigenvalue weighted by atomic mass is 16.5. The maximum atomic E-state index is 12.1. The van der Waals surface area contributed by atoms with Gasteiger partial charge in [-0.1, -0.05) is 24.3 Å². The van der Waals surface area contributed by atoms with Gasteiger partial charge in [-0.2, -0.15) is 0 Å². The number of ether oxygens (including phenoxy) is 3. The van der Waals surface area contributed by atoms with Gasteiger partial charge in [-0.3, -0.25) is 4.79 Å². The van der Waals surface area contributed by atoms with E-state index in [1.54, 1.807) is 36.4 Å². The Balaban J connectivity index is 2.10. The number of methoxy groups -OCH3 is 2. The van der Waals surface area contributed by atoms with Gasteiger partial charge in [0.2, 0.25) is 11.5 Å². The minimum atomic E-state index is -0.847. The number of phenols is 1. The van der Waals surface area contributed by atoms with Crippen molar-refractivity contribution in [3.8, 4) is 28.7 Å². The zero-order chi connectivity index (χ0) is 19.4. The minimum absolute atomic E-state index is 0.0208. The Bertz CT molecular complexity index is 854. The monoisotopic (exact) mass is 370 g/mol. The number of fused-ring (bicyclic) bond motifs is 7. The van der Waals surface area contributed by atoms with Crippen LogP contribution < -0.4 is 14.2 Å². The zero-order valence-electron chi connectivity index (χ0n) is 15.3. The molecule has 0 fully saturated rings. The number of hydrogen-bond donors (Lipinski definition) is 2. The van der Waals surface area contributed by atoms with Crippen LogP contribution in [-0.2, 0) is 4.79 Å². The van der Waals surface area contributed by atoms with E-state index >= 15 is 0 Å². The number of benzene rings is 2. The summed E-state index contributed by atoms with van der Waals surface area (Å²) in [6.07, 6.45) is 3.63. The molecule has 0 saturated carbocycles. The Morgan fingerprint density at radius 3 is 2.48 bits per heavy atom. The molecule has 1 atom stereocenters. The molecule has 27 heavy (non-hydrogen) atoms. The van der Waals surface area contributed by atoms with Crippen molar-refractivity contribution in [3.05, 3.63) is 47.5 Å². The molecule has 0 spiro atoms. The number of aromatic hydroxyl groups is 1. The van der Waals surface area contributed by atoms with E-state index in [0.717, 1.165) is 0 Å². The first-order chi connectivity index (χ1) is 13.0. The number of hydrogen-bond acceptors (Lipinski definition) is 6. The summed E-state index contributed by atoms with van der Waals surface area (Å²) in [5.41, 5.74) is 1.25. The van der Waals surface area contributed by atoms with Gasteiger partial charge in [-0.05, 0) is 30.2 Å². The normalized spacial score (nSPS) is 18.2. The van der Waals surface area contributed by atoms with E-state index in [-0.39, 0.29) is 29.5 Å². The summed E-state index contributed by atoms with van der Waals surface area (Å²) in [5.74, 6) is 1.07. The molecule has 0 radical (unpaired) electrons. The predicted octanol–water partition coefficient (Wildman–Crippen LogP) is 4.00. The molecule has 2 heterocycles. The lowest BCUT2D eigenvalue weighted by Gasteiger charge is -2.16. The van der Waals surface area contributed by atoms with Gasteiger partial charge in [-0.15, -0.1) is 0 Å². The molecule has 0 amide bonds. The van der Waals surface area contributed by atoms with Gasteiger partial charge in [0.1, 0.15) is 11.5 Å². The van der Waals surface area contributed by atoms with Crippen LogP contribution in [0, 0.1) is 0 Å². The number of Topliss-reactive ketones (excluding diaryl/α,β-unsaturated/α-hetero) is 1. The molecule has 4 rings (SSSR count). The summed E-state index contributed by atoms with van der Waals surface area (Å²) in [6, 6.07) is 8.51. The molecule has 2 aliphatic heterocycles. The Morgan fingerprint density at radius 2 is 1.81 bits per heavy atom. The van der Waals surface area contributed by atoms with Crippen molar-refractivity contribution in [2.24, 2.45) is 0 Å². The number of carbonyl (C=O) groups excluding carboxylic acids is 1. The molecule has 2 aromatic rings. The van der Waals surface area contributed by atoms with E-state index in [1.807, 2.05) is 6.08 Å². The first kappa shape index (κ1) is 18.8. The maximum Gasteiger partial charge on any atom is 0.207 e. The molecule has 6 heteroatoms. The Hall–Kier alpha value is -2.99. The average molecular weight is 370 g/mol. The lowest BCUT2D eigenvalue weighted by Crippen LogP contribution is -2.06. The lowest BCUT2D eigenvalue weighted by atomic mass is 10.0. The van der Waals surface area contributed by atoms with Crippen molar-refractivity contribution in [1.82, 2.24) is 0 Å². The van der Waals surface area contributed by atoms with Crippen LogP contribution in [-0.4, -0.2) is 30.2 Å². The molecule has 2 N–H and O–H groups in total. The summed E-state index contributed by atoms with van der Waals surface area (Å²) in [7, 11) is 2.89. The van der Waals surface area contributed by atoms with Crippen molar-refractivity contribution in [2.75, 3.05) is 14.2 Å². The summed E-state index contributed by atoms with van der Waals surface area (Å²) < 4.78 is 16.5. The summed E-state index contributed by atoms with van der Waals surface area (Å²) in [4.78, 5) is 12.1. The highest BCUT2D eigenvalue weighted by Gasteiger charge is 2.20. The second-order valence-electron chi connectivity index (χ2n) is 6.25. The van der Waals surface area contributed by atoms with E-state index in [0.29, 0.717) is 35.5 Å². The fraction of sp³-hybridized carbons (Fsp3) is 0.286. The SMILES string of the molecule is COc1c2cc(c(OC)c1O)Oc1ccc(cc1)[C@@H](O)CC(=O)CC/C=C\2. The van der Waals surface area contributed by atoms with E-state index in [1.165, 1.54) is 14.2 Å². The van der Waals surface area contributed by atoms with Crippen molar-refractivity contribution in [2.45, 2.75) is 25.4 Å². The fourth-order valence-corrected chi connectivity index (χ4v) is 3.02. The molecule has 2 aliphatic rings. The maximum absolute atomic E-state index is 12.1. The molecule has 0 aromatic heterocycles. The molecular formula is C21H22O6. The van der Waals surface area contributed by atoms with Gasteiger partial charge in [0.15, 0.2) is 11.5 Å². The fourth-order valence-electron chi connectivity index (χ4n) is 3.02. The van der Waals surface area contributed by atoms with Crippen LogP contribution in [0.4, 0.5) is 0 Å². The number of rotatable bonds is 2. The van der Waals surface area contributed by atoms with Crippen LogP contribution in [0.5, 0.6) is 28.7 Å². The Kier molecular flexibility index (Phi) is 5.66. The minimum Gasteiger partial charge on any atom is -0.502 e. The first-order valence-corrected chi connectivity index (χ1v) is 8.65. The number of ketones is 1. The van der Waals surface area contributed by atoms with E-state index in [9.17, 15) is 15.0 Å². The summed E-state index contributed by atoms with van der Waals surface area (Å²) in [6.45, 7) is 0. The summed E-state index contributed by atoms with van der Waals surface area (Å²) >= 11 is 0. The van der Waals surface area contributed by atoms with Crippen LogP contribution in [0.25, 0.3) is 6.08 Å². The van der Waals surface area contributed by atoms with Crippen LogP contribution in [0.1, 0.15) is 36.5 Å². The van der Waals surface area contributed by atoms with Gasteiger partial charge >= 0.3 is 0 Å². The van der Waals surface area contributed by atoms with E-state index in [4.69, 9.17) is 14.2 Å². The van der Waals surface area contributed by atoms with Gasteiger partial charge in [0.05, 0.1) is 20.3 Å². The Morgan fingerprint density at radius 1 is 1.11 bits per heavy atom. The molecule has 0 saturated heterocycles. The van der Waals surface area contributed by atoms with E-state index < -0.39 is 6.10 Å². The van der Waals surface area contributed by atoms with Gasteiger partial charge in [-0.25, -0.2) is 0 Å². The van der Waals surface area contributed by atoms with E-state index in [2.05, 4.69) is 0 Å².